The zero-order valence-electron chi connectivity index (χ0n) is 22.9. The fraction of sp³-hybridized carbons (Fsp3) is 0.267. The van der Waals surface area contributed by atoms with Gasteiger partial charge in [-0.2, -0.15) is 22.0 Å². The lowest BCUT2D eigenvalue weighted by Gasteiger charge is -2.19. The van der Waals surface area contributed by atoms with Crippen molar-refractivity contribution >= 4 is 29.4 Å². The van der Waals surface area contributed by atoms with Gasteiger partial charge in [0.15, 0.2) is 11.5 Å². The Morgan fingerprint density at radius 1 is 0.907 bits per heavy atom. The molecule has 43 heavy (non-hydrogen) atoms. The van der Waals surface area contributed by atoms with Gasteiger partial charge in [-0.1, -0.05) is 6.07 Å². The molecule has 0 saturated carbocycles. The van der Waals surface area contributed by atoms with Gasteiger partial charge in [0.2, 0.25) is 0 Å². The van der Waals surface area contributed by atoms with Crippen molar-refractivity contribution in [1.29, 1.82) is 0 Å². The van der Waals surface area contributed by atoms with E-state index in [4.69, 9.17) is 25.7 Å². The van der Waals surface area contributed by atoms with E-state index < -0.39 is 36.9 Å². The molecule has 3 aromatic rings. The molecule has 0 fully saturated rings. The Bertz CT molecular complexity index is 1450. The molecule has 230 valence electrons. The summed E-state index contributed by atoms with van der Waals surface area (Å²) in [7, 11) is 1.35. The van der Waals surface area contributed by atoms with Gasteiger partial charge in [-0.05, 0) is 91.1 Å². The number of nitrogen functional groups attached to an aromatic ring is 2. The molecule has 0 saturated heterocycles. The summed E-state index contributed by atoms with van der Waals surface area (Å²) < 4.78 is 78.6. The van der Waals surface area contributed by atoms with Crippen molar-refractivity contribution < 1.29 is 50.9 Å². The number of nitrogens with two attached hydrogens (primary N) is 2. The van der Waals surface area contributed by atoms with E-state index in [1.54, 1.807) is 24.3 Å². The molecular weight excluding hydrogens is 579 g/mol. The number of anilines is 2. The van der Waals surface area contributed by atoms with E-state index in [0.29, 0.717) is 23.4 Å². The van der Waals surface area contributed by atoms with E-state index in [1.165, 1.54) is 49.6 Å². The third kappa shape index (κ3) is 9.35. The van der Waals surface area contributed by atoms with E-state index in [0.717, 1.165) is 5.56 Å². The maximum absolute atomic E-state index is 13.0. The zero-order chi connectivity index (χ0) is 31.8. The predicted octanol–water partition coefficient (Wildman–Crippen LogP) is 6.54. The monoisotopic (exact) mass is 608 g/mol. The molecule has 5 N–H and O–H groups in total. The molecule has 0 aliphatic rings. The number of rotatable bonds is 13. The molecule has 3 aromatic carbocycles. The van der Waals surface area contributed by atoms with Crippen molar-refractivity contribution in [2.24, 2.45) is 0 Å². The van der Waals surface area contributed by atoms with E-state index in [9.17, 15) is 36.6 Å². The number of carbonyl (C=O) groups excluding carboxylic acids is 1. The first-order valence-corrected chi connectivity index (χ1v) is 12.8. The lowest BCUT2D eigenvalue weighted by Crippen LogP contribution is -2.36. The van der Waals surface area contributed by atoms with Crippen LogP contribution in [0.2, 0.25) is 0 Å². The number of methoxy groups -OCH3 is 1. The smallest absolute Gasteiger partial charge is 0.453 e. The second-order valence-electron chi connectivity index (χ2n) is 9.46. The van der Waals surface area contributed by atoms with Gasteiger partial charge < -0.3 is 30.8 Å². The summed E-state index contributed by atoms with van der Waals surface area (Å²) in [5, 5.41) is 9.69. The molecule has 0 aromatic heterocycles. The van der Waals surface area contributed by atoms with Gasteiger partial charge in [-0.25, -0.2) is 9.59 Å². The number of carboxylic acids is 1. The van der Waals surface area contributed by atoms with Gasteiger partial charge in [0.25, 0.3) is 0 Å². The summed E-state index contributed by atoms with van der Waals surface area (Å²) >= 11 is 0. The number of carboxylic acid groups (broad SMARTS) is 1. The fourth-order valence-corrected chi connectivity index (χ4v) is 3.94. The molecular formula is C30H29F5N2O6. The van der Waals surface area contributed by atoms with Crippen molar-refractivity contribution in [3.8, 4) is 17.2 Å². The highest BCUT2D eigenvalue weighted by atomic mass is 19.4. The number of hydrogen-bond acceptors (Lipinski definition) is 7. The molecule has 0 atom stereocenters. The number of aliphatic carboxylic acids is 1. The average Bonchev–Trinajstić information content (AvgIpc) is 2.93. The van der Waals surface area contributed by atoms with Crippen molar-refractivity contribution in [3.05, 3.63) is 82.9 Å². The molecule has 0 radical (unpaired) electrons. The topological polar surface area (TPSA) is 134 Å². The molecule has 13 heteroatoms. The van der Waals surface area contributed by atoms with Crippen LogP contribution < -0.4 is 25.7 Å². The van der Waals surface area contributed by atoms with Gasteiger partial charge >= 0.3 is 24.0 Å². The Morgan fingerprint density at radius 2 is 1.56 bits per heavy atom. The number of halogens is 5. The Hall–Kier alpha value is -4.81. The SMILES string of the molecule is COc1cc(/C=C(\CCc2cc(N)cc(N)c2)C(=O)O)ccc1OC(=O)c1ccc(OCCCC(F)(F)C(F)(F)F)cc1. The van der Waals surface area contributed by atoms with Crippen LogP contribution in [0, 0.1) is 0 Å². The largest absolute Gasteiger partial charge is 0.494 e. The first-order valence-electron chi connectivity index (χ1n) is 12.8. The minimum Gasteiger partial charge on any atom is -0.494 e. The van der Waals surface area contributed by atoms with Crippen molar-refractivity contribution in [2.75, 3.05) is 25.2 Å². The van der Waals surface area contributed by atoms with E-state index >= 15 is 0 Å². The summed E-state index contributed by atoms with van der Waals surface area (Å²) in [5.74, 6) is -6.31. The van der Waals surface area contributed by atoms with Crippen molar-refractivity contribution in [1.82, 2.24) is 0 Å². The van der Waals surface area contributed by atoms with Crippen LogP contribution in [0.25, 0.3) is 6.08 Å². The number of ether oxygens (including phenoxy) is 3. The van der Waals surface area contributed by atoms with Crippen LogP contribution in [0.15, 0.2) is 66.2 Å². The number of alkyl halides is 5. The molecule has 0 bridgehead atoms. The molecule has 0 aliphatic heterocycles. The summed E-state index contributed by atoms with van der Waals surface area (Å²) in [5.41, 5.74) is 14.0. The third-order valence-electron chi connectivity index (χ3n) is 6.13. The lowest BCUT2D eigenvalue weighted by atomic mass is 10.0. The highest BCUT2D eigenvalue weighted by molar-refractivity contribution is 5.93. The summed E-state index contributed by atoms with van der Waals surface area (Å²) in [6.07, 6.45) is -5.52. The maximum Gasteiger partial charge on any atom is 0.453 e. The third-order valence-corrected chi connectivity index (χ3v) is 6.13. The summed E-state index contributed by atoms with van der Waals surface area (Å²) in [4.78, 5) is 24.5. The Kier molecular flexibility index (Phi) is 10.6. The number of esters is 1. The quantitative estimate of drug-likeness (QED) is 0.0498. The summed E-state index contributed by atoms with van der Waals surface area (Å²) in [6, 6.07) is 14.9. The van der Waals surface area contributed by atoms with Gasteiger partial charge in [0, 0.05) is 23.4 Å². The second kappa shape index (κ2) is 13.9. The Morgan fingerprint density at radius 3 is 2.14 bits per heavy atom. The van der Waals surface area contributed by atoms with Crippen LogP contribution in [0.5, 0.6) is 17.2 Å². The number of aryl methyl sites for hydroxylation is 1. The van der Waals surface area contributed by atoms with Gasteiger partial charge in [0.1, 0.15) is 5.75 Å². The molecule has 0 aliphatic carbocycles. The van der Waals surface area contributed by atoms with Crippen molar-refractivity contribution in [2.45, 2.75) is 37.8 Å². The first kappa shape index (κ1) is 32.7. The summed E-state index contributed by atoms with van der Waals surface area (Å²) in [6.45, 7) is -0.382. The van der Waals surface area contributed by atoms with Crippen LogP contribution in [-0.4, -0.2) is 42.9 Å². The van der Waals surface area contributed by atoms with Crippen LogP contribution in [-0.2, 0) is 11.2 Å². The van der Waals surface area contributed by atoms with E-state index in [-0.39, 0.29) is 41.4 Å². The standard InChI is InChI=1S/C30H29F5N2O6/c1-41-26-16-18(13-21(27(38)39)5-3-19-14-22(36)17-23(37)15-19)4-10-25(26)43-28(40)20-6-8-24(9-7-20)42-12-2-11-29(31,32)30(33,34)35/h4,6-10,13-17H,2-3,5,11-12,36-37H2,1H3,(H,38,39)/b21-13+. The normalized spacial score (nSPS) is 12.1. The fourth-order valence-electron chi connectivity index (χ4n) is 3.94. The number of hydrogen-bond donors (Lipinski definition) is 3. The Labute approximate surface area is 243 Å². The van der Waals surface area contributed by atoms with Gasteiger partial charge in [-0.15, -0.1) is 0 Å². The molecule has 0 spiro atoms. The van der Waals surface area contributed by atoms with Gasteiger partial charge in [0.05, 0.1) is 19.3 Å². The van der Waals surface area contributed by atoms with Crippen LogP contribution >= 0.6 is 0 Å². The van der Waals surface area contributed by atoms with Gasteiger partial charge in [-0.3, -0.25) is 0 Å². The predicted molar refractivity (Wildman–Crippen MR) is 149 cm³/mol. The van der Waals surface area contributed by atoms with Crippen molar-refractivity contribution in [3.63, 3.8) is 0 Å². The Balaban J connectivity index is 1.62. The minimum absolute atomic E-state index is 0.0580. The van der Waals surface area contributed by atoms with E-state index in [2.05, 4.69) is 0 Å². The molecule has 0 heterocycles. The average molecular weight is 609 g/mol. The number of carbonyl (C=O) groups is 2. The first-order chi connectivity index (χ1) is 20.2. The molecule has 0 unspecified atom stereocenters. The maximum atomic E-state index is 13.0. The van der Waals surface area contributed by atoms with E-state index in [1.807, 2.05) is 0 Å². The highest BCUT2D eigenvalue weighted by Crippen LogP contribution is 2.38. The number of benzene rings is 3. The lowest BCUT2D eigenvalue weighted by molar-refractivity contribution is -0.284. The highest BCUT2D eigenvalue weighted by Gasteiger charge is 2.56. The molecule has 3 rings (SSSR count). The van der Waals surface area contributed by atoms with Crippen LogP contribution in [0.4, 0.5) is 33.3 Å². The zero-order valence-corrected chi connectivity index (χ0v) is 22.9. The molecule has 0 amide bonds. The minimum atomic E-state index is -5.62. The molecule has 8 nitrogen and oxygen atoms in total. The second-order valence-corrected chi connectivity index (χ2v) is 9.46. The van der Waals surface area contributed by atoms with Crippen LogP contribution in [0.3, 0.4) is 0 Å². The van der Waals surface area contributed by atoms with Crippen LogP contribution in [0.1, 0.15) is 40.7 Å².